The van der Waals surface area contributed by atoms with Crippen LogP contribution in [0, 0.1) is 13.8 Å². The number of unbranched alkanes of at least 4 members (excludes halogenated alkanes) is 4. The van der Waals surface area contributed by atoms with Crippen molar-refractivity contribution < 1.29 is 54.3 Å². The fourth-order valence-electron chi connectivity index (χ4n) is 6.96. The summed E-state index contributed by atoms with van der Waals surface area (Å²) in [5.41, 5.74) is 6.01. The molecule has 0 atom stereocenters. The molecule has 2 heterocycles. The van der Waals surface area contributed by atoms with Crippen LogP contribution in [0.3, 0.4) is 0 Å². The van der Waals surface area contributed by atoms with Gasteiger partial charge in [-0.15, -0.1) is 0 Å². The summed E-state index contributed by atoms with van der Waals surface area (Å²) >= 11 is 0. The first kappa shape index (κ1) is 57.0. The largest absolute Gasteiger partial charge is 0.744 e. The van der Waals surface area contributed by atoms with Crippen LogP contribution in [0.25, 0.3) is 0 Å². The van der Waals surface area contributed by atoms with E-state index in [1.165, 1.54) is 24.3 Å². The number of carbonyl (C=O) groups is 4. The average Bonchev–Trinajstić information content (AvgIpc) is 3.37. The number of aryl methyl sites for hydroxylation is 4. The monoisotopic (exact) mass is 1040 g/mol. The molecule has 5 aromatic carbocycles. The molecule has 0 aliphatic heterocycles. The van der Waals surface area contributed by atoms with Crippen molar-refractivity contribution in [3.05, 3.63) is 204 Å². The molecule has 18 heteroatoms. The zero-order valence-electron chi connectivity index (χ0n) is 41.6. The van der Waals surface area contributed by atoms with E-state index in [0.717, 1.165) is 62.7 Å². The Hall–Kier alpha value is -7.90. The van der Waals surface area contributed by atoms with Crippen LogP contribution in [-0.2, 0) is 33.3 Å². The van der Waals surface area contributed by atoms with Gasteiger partial charge in [0, 0.05) is 58.6 Å². The zero-order chi connectivity index (χ0) is 53.7. The second kappa shape index (κ2) is 27.8. The summed E-state index contributed by atoms with van der Waals surface area (Å²) in [6, 6.07) is 38.7. The van der Waals surface area contributed by atoms with Gasteiger partial charge >= 0.3 is 0 Å². The van der Waals surface area contributed by atoms with Crippen molar-refractivity contribution in [3.63, 3.8) is 0 Å². The van der Waals surface area contributed by atoms with Gasteiger partial charge < -0.3 is 30.4 Å². The summed E-state index contributed by atoms with van der Waals surface area (Å²) in [7, 11) is -8.54. The number of rotatable bonds is 18. The number of pyridine rings is 2. The van der Waals surface area contributed by atoms with Crippen LogP contribution in [0.4, 0.5) is 22.7 Å². The molecule has 0 aliphatic carbocycles. The molecule has 4 amide bonds. The number of hydrogen-bond donors (Lipinski definition) is 4. The molecule has 0 bridgehead atoms. The highest BCUT2D eigenvalue weighted by atomic mass is 32.2. The summed E-state index contributed by atoms with van der Waals surface area (Å²) in [6.45, 7) is 9.77. The molecule has 74 heavy (non-hydrogen) atoms. The van der Waals surface area contributed by atoms with Crippen molar-refractivity contribution in [2.24, 2.45) is 0 Å². The Morgan fingerprint density at radius 2 is 0.689 bits per heavy atom. The first-order valence-corrected chi connectivity index (χ1v) is 26.7. The summed E-state index contributed by atoms with van der Waals surface area (Å²) in [5, 5.41) is 11.5. The number of carbonyl (C=O) groups excluding carboxylic acids is 4. The molecule has 0 aliphatic rings. The highest BCUT2D eigenvalue weighted by Crippen LogP contribution is 2.17. The molecule has 4 N–H and O–H groups in total. The van der Waals surface area contributed by atoms with Gasteiger partial charge in [0.05, 0.1) is 9.79 Å². The van der Waals surface area contributed by atoms with Crippen LogP contribution >= 0.6 is 0 Å². The fraction of sp³-hybridized carbons (Fsp3) is 0.214. The van der Waals surface area contributed by atoms with Crippen molar-refractivity contribution in [2.75, 3.05) is 21.3 Å². The standard InChI is InChI=1S/C42H44N6O4.2C7H8O3S/c1-3-5-7-25-47-27-9-11-37(29-47)45-41(51)33-17-21-35(22-18-33)43-39(49)31-13-15-32(16-14-31)40(50)44-36-23-19-34(20-24-36)42(52)46-38-12-10-28-48(30-38)26-8-6-4-2;2*1-6-2-4-7(5-3-6)11(8,9)10/h9-24,27-30H,3-8,25-26H2,1-2H3,(H2-2,43,44,45,46,49,50,51,52);2*2-5H,1H3,(H,8,9,10). The average molecular weight is 1040 g/mol. The number of benzene rings is 5. The van der Waals surface area contributed by atoms with Gasteiger partial charge in [0.2, 0.25) is 0 Å². The third-order valence-corrected chi connectivity index (χ3v) is 12.8. The van der Waals surface area contributed by atoms with E-state index in [4.69, 9.17) is 0 Å². The second-order valence-electron chi connectivity index (χ2n) is 17.2. The smallest absolute Gasteiger partial charge is 0.255 e. The molecular formula is C56H60N6O10S2. The number of hydrogen-bond acceptors (Lipinski definition) is 10. The normalized spacial score (nSPS) is 10.9. The van der Waals surface area contributed by atoms with E-state index in [-0.39, 0.29) is 33.4 Å². The summed E-state index contributed by atoms with van der Waals surface area (Å²) in [6.07, 6.45) is 14.6. The van der Waals surface area contributed by atoms with Gasteiger partial charge in [-0.2, -0.15) is 0 Å². The lowest BCUT2D eigenvalue weighted by Gasteiger charge is -2.09. The van der Waals surface area contributed by atoms with Gasteiger partial charge in [-0.1, -0.05) is 62.1 Å². The van der Waals surface area contributed by atoms with E-state index >= 15 is 0 Å². The topological polar surface area (TPSA) is 239 Å². The minimum Gasteiger partial charge on any atom is -0.744 e. The number of nitrogens with zero attached hydrogens (tertiary/aromatic N) is 2. The maximum absolute atomic E-state index is 12.9. The molecule has 0 spiro atoms. The van der Waals surface area contributed by atoms with E-state index in [1.807, 2.05) is 62.9 Å². The third kappa shape index (κ3) is 18.9. The van der Waals surface area contributed by atoms with Crippen molar-refractivity contribution in [2.45, 2.75) is 89.1 Å². The number of nitrogens with one attached hydrogen (secondary N) is 4. The van der Waals surface area contributed by atoms with Gasteiger partial charge in [0.15, 0.2) is 24.8 Å². The molecule has 7 aromatic rings. The summed E-state index contributed by atoms with van der Waals surface area (Å²) in [5.74, 6) is -1.19. The molecule has 0 saturated carbocycles. The van der Waals surface area contributed by atoms with Crippen molar-refractivity contribution in [1.29, 1.82) is 0 Å². The maximum Gasteiger partial charge on any atom is 0.255 e. The Morgan fingerprint density at radius 3 is 0.973 bits per heavy atom. The van der Waals surface area contributed by atoms with Crippen molar-refractivity contribution in [1.82, 2.24) is 0 Å². The molecule has 0 unspecified atom stereocenters. The molecule has 386 valence electrons. The Bertz CT molecular complexity index is 2990. The van der Waals surface area contributed by atoms with E-state index in [9.17, 15) is 45.1 Å². The lowest BCUT2D eigenvalue weighted by atomic mass is 10.1. The Kier molecular flexibility index (Phi) is 21.4. The van der Waals surface area contributed by atoms with Crippen LogP contribution in [0.1, 0.15) is 105 Å². The molecule has 0 radical (unpaired) electrons. The van der Waals surface area contributed by atoms with Crippen molar-refractivity contribution >= 4 is 66.6 Å². The van der Waals surface area contributed by atoms with E-state index < -0.39 is 20.2 Å². The molecule has 16 nitrogen and oxygen atoms in total. The number of amides is 4. The van der Waals surface area contributed by atoms with Crippen molar-refractivity contribution in [3.8, 4) is 0 Å². The lowest BCUT2D eigenvalue weighted by molar-refractivity contribution is -0.696. The van der Waals surface area contributed by atoms with Gasteiger partial charge in [0.25, 0.3) is 23.6 Å². The first-order valence-electron chi connectivity index (χ1n) is 23.9. The zero-order valence-corrected chi connectivity index (χ0v) is 43.2. The SMILES string of the molecule is CCCCC[n+]1cccc(NC(=O)c2ccc(NC(=O)c3ccc(C(=O)Nc4ccc(C(=O)Nc5ccc[n+](CCCCC)c5)cc4)cc3)cc2)c1.Cc1ccc(S(=O)(=O)[O-])cc1.Cc1ccc(S(=O)(=O)[O-])cc1. The van der Waals surface area contributed by atoms with Gasteiger partial charge in [-0.25, -0.2) is 26.0 Å². The second-order valence-corrected chi connectivity index (χ2v) is 19.9. The summed E-state index contributed by atoms with van der Waals surface area (Å²) < 4.78 is 66.5. The first-order chi connectivity index (χ1) is 35.3. The minimum atomic E-state index is -4.27. The molecule has 2 aromatic heterocycles. The quantitative estimate of drug-likeness (QED) is 0.0361. The molecule has 0 fully saturated rings. The van der Waals surface area contributed by atoms with E-state index in [2.05, 4.69) is 44.2 Å². The van der Waals surface area contributed by atoms with Crippen LogP contribution in [0.15, 0.2) is 180 Å². The lowest BCUT2D eigenvalue weighted by Crippen LogP contribution is -2.33. The molecular weight excluding hydrogens is 981 g/mol. The fourth-order valence-corrected chi connectivity index (χ4v) is 7.90. The maximum atomic E-state index is 12.9. The van der Waals surface area contributed by atoms with E-state index in [0.29, 0.717) is 45.0 Å². The third-order valence-electron chi connectivity index (χ3n) is 11.1. The molecule has 0 saturated heterocycles. The van der Waals surface area contributed by atoms with Crippen LogP contribution in [0.5, 0.6) is 0 Å². The Morgan fingerprint density at radius 1 is 0.405 bits per heavy atom. The van der Waals surface area contributed by atoms with Gasteiger partial charge in [0.1, 0.15) is 44.7 Å². The van der Waals surface area contributed by atoms with Crippen LogP contribution in [0.2, 0.25) is 0 Å². The minimum absolute atomic E-state index is 0.178. The Balaban J connectivity index is 0.000000376. The van der Waals surface area contributed by atoms with E-state index in [1.54, 1.807) is 97.1 Å². The molecule has 7 rings (SSSR count). The number of anilines is 4. The predicted molar refractivity (Wildman–Crippen MR) is 282 cm³/mol. The van der Waals surface area contributed by atoms with Gasteiger partial charge in [-0.05, 0) is 136 Å². The summed E-state index contributed by atoms with van der Waals surface area (Å²) in [4.78, 5) is 51.1. The van der Waals surface area contributed by atoms with Gasteiger partial charge in [-0.3, -0.25) is 19.2 Å². The highest BCUT2D eigenvalue weighted by molar-refractivity contribution is 7.86. The number of aromatic nitrogens is 2. The predicted octanol–water partition coefficient (Wildman–Crippen LogP) is 9.45. The highest BCUT2D eigenvalue weighted by Gasteiger charge is 2.14. The Labute approximate surface area is 433 Å². The van der Waals surface area contributed by atoms with Crippen LogP contribution in [-0.4, -0.2) is 49.6 Å². The van der Waals surface area contributed by atoms with Crippen LogP contribution < -0.4 is 30.4 Å².